The molecule has 0 saturated heterocycles. The normalized spacial score (nSPS) is 15.0. The van der Waals surface area contributed by atoms with Crippen LogP contribution in [-0.2, 0) is 17.6 Å². The lowest BCUT2D eigenvalue weighted by molar-refractivity contribution is -0.119. The van der Waals surface area contributed by atoms with Gasteiger partial charge in [-0.05, 0) is 49.3 Å². The Bertz CT molecular complexity index is 741. The second kappa shape index (κ2) is 8.04. The molecular formula is C19H26N4OS. The highest BCUT2D eigenvalue weighted by Crippen LogP contribution is 2.25. The summed E-state index contributed by atoms with van der Waals surface area (Å²) in [5.74, 6) is 1.49. The Morgan fingerprint density at radius 2 is 2.00 bits per heavy atom. The molecule has 1 heterocycles. The first-order valence-electron chi connectivity index (χ1n) is 8.99. The predicted molar refractivity (Wildman–Crippen MR) is 101 cm³/mol. The first-order chi connectivity index (χ1) is 12.0. The number of nitrogens with one attached hydrogen (secondary N) is 2. The molecule has 5 nitrogen and oxygen atoms in total. The van der Waals surface area contributed by atoms with Crippen LogP contribution in [0.25, 0.3) is 0 Å². The molecule has 3 rings (SSSR count). The summed E-state index contributed by atoms with van der Waals surface area (Å²) in [4.78, 5) is 16.6. The van der Waals surface area contributed by atoms with Crippen LogP contribution in [0.2, 0.25) is 0 Å². The Labute approximate surface area is 153 Å². The molecular weight excluding hydrogens is 332 g/mol. The molecule has 0 aliphatic heterocycles. The SMILES string of the molecule is CC(C)c1nc(SCC(=O)N[C@H](C)c2ccc3c(c2)CCCC3)n[nH]1. The van der Waals surface area contributed by atoms with Gasteiger partial charge in [0.1, 0.15) is 5.82 Å². The van der Waals surface area contributed by atoms with E-state index in [1.54, 1.807) is 0 Å². The van der Waals surface area contributed by atoms with Crippen LogP contribution in [0.3, 0.4) is 0 Å². The minimum atomic E-state index is 0.00566. The van der Waals surface area contributed by atoms with Gasteiger partial charge in [0.05, 0.1) is 11.8 Å². The lowest BCUT2D eigenvalue weighted by Gasteiger charge is -2.20. The summed E-state index contributed by atoms with van der Waals surface area (Å²) in [5.41, 5.74) is 4.09. The summed E-state index contributed by atoms with van der Waals surface area (Å²) in [6.45, 7) is 6.15. The molecule has 1 aliphatic carbocycles. The van der Waals surface area contributed by atoms with Crippen molar-refractivity contribution in [1.29, 1.82) is 0 Å². The summed E-state index contributed by atoms with van der Waals surface area (Å²) in [7, 11) is 0. The first kappa shape index (κ1) is 18.0. The molecule has 0 spiro atoms. The molecule has 0 fully saturated rings. The van der Waals surface area contributed by atoms with E-state index >= 15 is 0 Å². The zero-order valence-corrected chi connectivity index (χ0v) is 15.9. The molecule has 25 heavy (non-hydrogen) atoms. The number of hydrogen-bond donors (Lipinski definition) is 2. The zero-order valence-electron chi connectivity index (χ0n) is 15.1. The van der Waals surface area contributed by atoms with Gasteiger partial charge in [-0.15, -0.1) is 5.10 Å². The highest BCUT2D eigenvalue weighted by Gasteiger charge is 2.15. The maximum atomic E-state index is 12.2. The number of fused-ring (bicyclic) bond motifs is 1. The maximum absolute atomic E-state index is 12.2. The molecule has 1 amide bonds. The van der Waals surface area contributed by atoms with Crippen molar-refractivity contribution in [2.24, 2.45) is 0 Å². The minimum Gasteiger partial charge on any atom is -0.349 e. The van der Waals surface area contributed by atoms with Gasteiger partial charge in [-0.1, -0.05) is 43.8 Å². The second-order valence-electron chi connectivity index (χ2n) is 6.97. The lowest BCUT2D eigenvalue weighted by atomic mass is 9.89. The van der Waals surface area contributed by atoms with Crippen LogP contribution in [0.15, 0.2) is 23.4 Å². The van der Waals surface area contributed by atoms with Gasteiger partial charge in [0, 0.05) is 5.92 Å². The van der Waals surface area contributed by atoms with Crippen LogP contribution in [0, 0.1) is 0 Å². The smallest absolute Gasteiger partial charge is 0.230 e. The molecule has 0 unspecified atom stereocenters. The number of aryl methyl sites for hydroxylation is 2. The van der Waals surface area contributed by atoms with Crippen molar-refractivity contribution in [2.45, 2.75) is 63.6 Å². The van der Waals surface area contributed by atoms with Crippen molar-refractivity contribution in [3.8, 4) is 0 Å². The van der Waals surface area contributed by atoms with Crippen LogP contribution in [0.1, 0.15) is 68.1 Å². The van der Waals surface area contributed by atoms with Gasteiger partial charge in [-0.25, -0.2) is 4.98 Å². The third-order valence-corrected chi connectivity index (χ3v) is 5.46. The van der Waals surface area contributed by atoms with Gasteiger partial charge in [-0.3, -0.25) is 9.89 Å². The minimum absolute atomic E-state index is 0.00566. The number of carbonyl (C=O) groups is 1. The van der Waals surface area contributed by atoms with E-state index in [9.17, 15) is 4.79 Å². The van der Waals surface area contributed by atoms with Crippen LogP contribution in [0.5, 0.6) is 0 Å². The van der Waals surface area contributed by atoms with E-state index in [2.05, 4.69) is 52.5 Å². The van der Waals surface area contributed by atoms with Crippen LogP contribution < -0.4 is 5.32 Å². The Hall–Kier alpha value is -1.82. The van der Waals surface area contributed by atoms with Gasteiger partial charge >= 0.3 is 0 Å². The van der Waals surface area contributed by atoms with Crippen molar-refractivity contribution in [1.82, 2.24) is 20.5 Å². The Morgan fingerprint density at radius 1 is 1.24 bits per heavy atom. The number of benzene rings is 1. The molecule has 1 aromatic carbocycles. The monoisotopic (exact) mass is 358 g/mol. The standard InChI is InChI=1S/C19H26N4OS/c1-12(2)18-21-19(23-22-18)25-11-17(24)20-13(3)15-9-8-14-6-4-5-7-16(14)10-15/h8-10,12-13H,4-7,11H2,1-3H3,(H,20,24)(H,21,22,23)/t13-/m1/s1. The molecule has 1 atom stereocenters. The van der Waals surface area contributed by atoms with E-state index < -0.39 is 0 Å². The molecule has 0 radical (unpaired) electrons. The Kier molecular flexibility index (Phi) is 5.78. The molecule has 1 aliphatic rings. The fourth-order valence-corrected chi connectivity index (χ4v) is 3.72. The molecule has 1 aromatic heterocycles. The molecule has 0 bridgehead atoms. The molecule has 2 aromatic rings. The van der Waals surface area contributed by atoms with Gasteiger partial charge in [0.2, 0.25) is 11.1 Å². The number of hydrogen-bond acceptors (Lipinski definition) is 4. The van der Waals surface area contributed by atoms with Crippen LogP contribution >= 0.6 is 11.8 Å². The van der Waals surface area contributed by atoms with Gasteiger partial charge in [-0.2, -0.15) is 0 Å². The number of nitrogens with zero attached hydrogens (tertiary/aromatic N) is 2. The summed E-state index contributed by atoms with van der Waals surface area (Å²) < 4.78 is 0. The topological polar surface area (TPSA) is 70.7 Å². The summed E-state index contributed by atoms with van der Waals surface area (Å²) >= 11 is 1.36. The highest BCUT2D eigenvalue weighted by atomic mass is 32.2. The zero-order chi connectivity index (χ0) is 17.8. The second-order valence-corrected chi connectivity index (χ2v) is 7.91. The Balaban J connectivity index is 1.53. The van der Waals surface area contributed by atoms with Crippen LogP contribution in [-0.4, -0.2) is 26.8 Å². The molecule has 134 valence electrons. The van der Waals surface area contributed by atoms with Crippen molar-refractivity contribution in [3.05, 3.63) is 40.7 Å². The quantitative estimate of drug-likeness (QED) is 0.771. The van der Waals surface area contributed by atoms with E-state index in [-0.39, 0.29) is 11.9 Å². The van der Waals surface area contributed by atoms with Crippen molar-refractivity contribution in [3.63, 3.8) is 0 Å². The fraction of sp³-hybridized carbons (Fsp3) is 0.526. The molecule has 0 saturated carbocycles. The van der Waals surface area contributed by atoms with Crippen molar-refractivity contribution >= 4 is 17.7 Å². The fourth-order valence-electron chi connectivity index (χ4n) is 3.10. The van der Waals surface area contributed by atoms with E-state index in [1.165, 1.54) is 47.7 Å². The van der Waals surface area contributed by atoms with E-state index in [0.717, 1.165) is 12.2 Å². The number of thioether (sulfide) groups is 1. The third-order valence-electron chi connectivity index (χ3n) is 4.61. The van der Waals surface area contributed by atoms with E-state index in [4.69, 9.17) is 0 Å². The molecule has 2 N–H and O–H groups in total. The van der Waals surface area contributed by atoms with E-state index in [0.29, 0.717) is 16.8 Å². The van der Waals surface area contributed by atoms with Gasteiger partial charge < -0.3 is 5.32 Å². The number of amides is 1. The van der Waals surface area contributed by atoms with Crippen molar-refractivity contribution in [2.75, 3.05) is 5.75 Å². The average Bonchev–Trinajstić information content (AvgIpc) is 3.09. The summed E-state index contributed by atoms with van der Waals surface area (Å²) in [6, 6.07) is 6.64. The Morgan fingerprint density at radius 3 is 2.72 bits per heavy atom. The first-order valence-corrected chi connectivity index (χ1v) is 9.97. The van der Waals surface area contributed by atoms with Gasteiger partial charge in [0.25, 0.3) is 0 Å². The average molecular weight is 359 g/mol. The lowest BCUT2D eigenvalue weighted by Crippen LogP contribution is -2.28. The number of rotatable bonds is 6. The predicted octanol–water partition coefficient (Wildman–Crippen LogP) is 3.78. The summed E-state index contributed by atoms with van der Waals surface area (Å²) in [6.07, 6.45) is 4.89. The van der Waals surface area contributed by atoms with E-state index in [1.807, 2.05) is 6.92 Å². The number of aromatic nitrogens is 3. The van der Waals surface area contributed by atoms with Crippen LogP contribution in [0.4, 0.5) is 0 Å². The number of H-pyrrole nitrogens is 1. The summed E-state index contributed by atoms with van der Waals surface area (Å²) in [5, 5.41) is 10.8. The van der Waals surface area contributed by atoms with Gasteiger partial charge in [0.15, 0.2) is 0 Å². The molecule has 6 heteroatoms. The number of carbonyl (C=O) groups excluding carboxylic acids is 1. The third kappa shape index (κ3) is 4.63. The highest BCUT2D eigenvalue weighted by molar-refractivity contribution is 7.99. The number of aromatic amines is 1. The maximum Gasteiger partial charge on any atom is 0.230 e. The van der Waals surface area contributed by atoms with Crippen molar-refractivity contribution < 1.29 is 4.79 Å². The largest absolute Gasteiger partial charge is 0.349 e.